The molecule has 2 rings (SSSR count). The van der Waals surface area contributed by atoms with Crippen molar-refractivity contribution in [1.82, 2.24) is 10.2 Å². The molecule has 0 atom stereocenters. The van der Waals surface area contributed by atoms with Gasteiger partial charge in [0.15, 0.2) is 0 Å². The molecule has 0 radical (unpaired) electrons. The summed E-state index contributed by atoms with van der Waals surface area (Å²) in [5, 5.41) is 2.66. The minimum Gasteiger partial charge on any atom is -0.355 e. The quantitative estimate of drug-likeness (QED) is 0.773. The summed E-state index contributed by atoms with van der Waals surface area (Å²) in [7, 11) is 3.81. The van der Waals surface area contributed by atoms with E-state index in [1.54, 1.807) is 7.05 Å². The van der Waals surface area contributed by atoms with Crippen LogP contribution in [0.15, 0.2) is 18.2 Å². The van der Waals surface area contributed by atoms with E-state index in [-0.39, 0.29) is 5.91 Å². The number of carbonyl (C=O) groups excluding carboxylic acids is 1. The SMILES string of the molecule is CNC(=O)c1ccc2c(c1)CCCN(C)C2. The molecule has 1 aromatic rings. The van der Waals surface area contributed by atoms with Crippen molar-refractivity contribution in [2.75, 3.05) is 20.6 Å². The molecule has 1 aliphatic rings. The molecular weight excluding hydrogens is 200 g/mol. The van der Waals surface area contributed by atoms with Gasteiger partial charge >= 0.3 is 0 Å². The van der Waals surface area contributed by atoms with Crippen LogP contribution in [0.2, 0.25) is 0 Å². The standard InChI is InChI=1S/C13H18N2O/c1-14-13(16)11-5-6-12-9-15(2)7-3-4-10(12)8-11/h5-6,8H,3-4,7,9H2,1-2H3,(H,14,16). The van der Waals surface area contributed by atoms with E-state index < -0.39 is 0 Å². The number of rotatable bonds is 1. The second-order valence-electron chi connectivity index (χ2n) is 4.40. The van der Waals surface area contributed by atoms with Gasteiger partial charge in [-0.25, -0.2) is 0 Å². The molecule has 3 nitrogen and oxygen atoms in total. The summed E-state index contributed by atoms with van der Waals surface area (Å²) in [6, 6.07) is 6.03. The second kappa shape index (κ2) is 4.66. The lowest BCUT2D eigenvalue weighted by Gasteiger charge is -2.13. The third kappa shape index (κ3) is 2.25. The summed E-state index contributed by atoms with van der Waals surface area (Å²) in [4.78, 5) is 13.9. The first-order valence-corrected chi connectivity index (χ1v) is 5.73. The third-order valence-electron chi connectivity index (χ3n) is 3.12. The number of aryl methyl sites for hydroxylation is 1. The lowest BCUT2D eigenvalue weighted by Crippen LogP contribution is -2.18. The van der Waals surface area contributed by atoms with Crippen molar-refractivity contribution in [2.45, 2.75) is 19.4 Å². The highest BCUT2D eigenvalue weighted by molar-refractivity contribution is 5.94. The number of nitrogens with one attached hydrogen (secondary N) is 1. The van der Waals surface area contributed by atoms with Crippen LogP contribution in [0.25, 0.3) is 0 Å². The van der Waals surface area contributed by atoms with Crippen LogP contribution >= 0.6 is 0 Å². The number of carbonyl (C=O) groups is 1. The summed E-state index contributed by atoms with van der Waals surface area (Å²) in [5.74, 6) is 0.000372. The van der Waals surface area contributed by atoms with Gasteiger partial charge in [-0.05, 0) is 49.7 Å². The van der Waals surface area contributed by atoms with Crippen molar-refractivity contribution in [2.24, 2.45) is 0 Å². The molecule has 1 aliphatic heterocycles. The van der Waals surface area contributed by atoms with Gasteiger partial charge in [-0.1, -0.05) is 6.07 Å². The Hall–Kier alpha value is -1.35. The fraction of sp³-hybridized carbons (Fsp3) is 0.462. The molecule has 1 amide bonds. The predicted octanol–water partition coefficient (Wildman–Crippen LogP) is 1.42. The van der Waals surface area contributed by atoms with Crippen molar-refractivity contribution < 1.29 is 4.79 Å². The van der Waals surface area contributed by atoms with Crippen LogP contribution in [0, 0.1) is 0 Å². The maximum Gasteiger partial charge on any atom is 0.251 e. The molecule has 1 heterocycles. The average molecular weight is 218 g/mol. The van der Waals surface area contributed by atoms with E-state index in [2.05, 4.69) is 23.3 Å². The maximum absolute atomic E-state index is 11.5. The Bertz CT molecular complexity index is 401. The van der Waals surface area contributed by atoms with Crippen LogP contribution in [0.1, 0.15) is 27.9 Å². The summed E-state index contributed by atoms with van der Waals surface area (Å²) < 4.78 is 0. The van der Waals surface area contributed by atoms with E-state index >= 15 is 0 Å². The molecule has 1 N–H and O–H groups in total. The average Bonchev–Trinajstić information content (AvgIpc) is 2.47. The Morgan fingerprint density at radius 2 is 2.19 bits per heavy atom. The molecule has 0 spiro atoms. The topological polar surface area (TPSA) is 32.3 Å². The Balaban J connectivity index is 2.31. The predicted molar refractivity (Wildman–Crippen MR) is 64.5 cm³/mol. The first-order valence-electron chi connectivity index (χ1n) is 5.73. The molecule has 0 unspecified atom stereocenters. The molecule has 0 fully saturated rings. The molecule has 16 heavy (non-hydrogen) atoms. The molecule has 86 valence electrons. The summed E-state index contributed by atoms with van der Waals surface area (Å²) >= 11 is 0. The van der Waals surface area contributed by atoms with E-state index in [9.17, 15) is 4.79 Å². The molecule has 1 aromatic carbocycles. The van der Waals surface area contributed by atoms with E-state index in [1.165, 1.54) is 17.5 Å². The van der Waals surface area contributed by atoms with Crippen LogP contribution in [-0.2, 0) is 13.0 Å². The number of nitrogens with zero attached hydrogens (tertiary/aromatic N) is 1. The van der Waals surface area contributed by atoms with E-state index in [1.807, 2.05) is 12.1 Å². The van der Waals surface area contributed by atoms with Crippen molar-refractivity contribution in [3.05, 3.63) is 34.9 Å². The van der Waals surface area contributed by atoms with Gasteiger partial charge in [-0.15, -0.1) is 0 Å². The van der Waals surface area contributed by atoms with Crippen molar-refractivity contribution in [3.8, 4) is 0 Å². The molecule has 0 bridgehead atoms. The van der Waals surface area contributed by atoms with Gasteiger partial charge in [0.1, 0.15) is 0 Å². The van der Waals surface area contributed by atoms with Crippen LogP contribution in [0.4, 0.5) is 0 Å². The molecule has 0 aromatic heterocycles. The van der Waals surface area contributed by atoms with E-state index in [4.69, 9.17) is 0 Å². The Labute approximate surface area is 96.5 Å². The minimum atomic E-state index is 0.000372. The normalized spacial score (nSPS) is 16.4. The molecule has 0 saturated carbocycles. The van der Waals surface area contributed by atoms with Gasteiger partial charge < -0.3 is 10.2 Å². The fourth-order valence-corrected chi connectivity index (χ4v) is 2.21. The maximum atomic E-state index is 11.5. The van der Waals surface area contributed by atoms with E-state index in [0.717, 1.165) is 25.1 Å². The van der Waals surface area contributed by atoms with Gasteiger partial charge in [0.2, 0.25) is 0 Å². The summed E-state index contributed by atoms with van der Waals surface area (Å²) in [6.07, 6.45) is 2.24. The van der Waals surface area contributed by atoms with Crippen LogP contribution in [-0.4, -0.2) is 31.4 Å². The van der Waals surface area contributed by atoms with Crippen molar-refractivity contribution in [3.63, 3.8) is 0 Å². The fourth-order valence-electron chi connectivity index (χ4n) is 2.21. The number of amides is 1. The third-order valence-corrected chi connectivity index (χ3v) is 3.12. The zero-order chi connectivity index (χ0) is 11.5. The first kappa shape index (κ1) is 11.1. The van der Waals surface area contributed by atoms with Gasteiger partial charge in [0.25, 0.3) is 5.91 Å². The zero-order valence-electron chi connectivity index (χ0n) is 9.92. The molecular formula is C13H18N2O. The summed E-state index contributed by atoms with van der Waals surface area (Å²) in [6.45, 7) is 2.12. The molecule has 3 heteroatoms. The van der Waals surface area contributed by atoms with Crippen molar-refractivity contribution in [1.29, 1.82) is 0 Å². The smallest absolute Gasteiger partial charge is 0.251 e. The van der Waals surface area contributed by atoms with Gasteiger partial charge in [0, 0.05) is 19.2 Å². The van der Waals surface area contributed by atoms with Crippen LogP contribution in [0.5, 0.6) is 0 Å². The lowest BCUT2D eigenvalue weighted by atomic mass is 10.0. The number of benzene rings is 1. The van der Waals surface area contributed by atoms with Gasteiger partial charge in [0.05, 0.1) is 0 Å². The second-order valence-corrected chi connectivity index (χ2v) is 4.40. The van der Waals surface area contributed by atoms with Crippen LogP contribution in [0.3, 0.4) is 0 Å². The highest BCUT2D eigenvalue weighted by Gasteiger charge is 2.13. The van der Waals surface area contributed by atoms with Crippen LogP contribution < -0.4 is 5.32 Å². The Morgan fingerprint density at radius 3 is 2.94 bits per heavy atom. The highest BCUT2D eigenvalue weighted by Crippen LogP contribution is 2.19. The highest BCUT2D eigenvalue weighted by atomic mass is 16.1. The number of hydrogen-bond donors (Lipinski definition) is 1. The lowest BCUT2D eigenvalue weighted by molar-refractivity contribution is 0.0963. The van der Waals surface area contributed by atoms with Gasteiger partial charge in [-0.2, -0.15) is 0 Å². The first-order chi connectivity index (χ1) is 7.70. The minimum absolute atomic E-state index is 0.000372. The van der Waals surface area contributed by atoms with Crippen molar-refractivity contribution >= 4 is 5.91 Å². The largest absolute Gasteiger partial charge is 0.355 e. The monoisotopic (exact) mass is 218 g/mol. The summed E-state index contributed by atoms with van der Waals surface area (Å²) in [5.41, 5.74) is 3.45. The Kier molecular flexibility index (Phi) is 3.25. The zero-order valence-corrected chi connectivity index (χ0v) is 9.92. The molecule has 0 aliphatic carbocycles. The molecule has 0 saturated heterocycles. The number of fused-ring (bicyclic) bond motifs is 1. The van der Waals surface area contributed by atoms with Gasteiger partial charge in [-0.3, -0.25) is 4.79 Å². The Morgan fingerprint density at radius 1 is 1.38 bits per heavy atom. The van der Waals surface area contributed by atoms with E-state index in [0.29, 0.717) is 0 Å². The number of hydrogen-bond acceptors (Lipinski definition) is 2.